The van der Waals surface area contributed by atoms with Gasteiger partial charge in [-0.25, -0.2) is 0 Å². The summed E-state index contributed by atoms with van der Waals surface area (Å²) in [5.74, 6) is -0.339. The van der Waals surface area contributed by atoms with E-state index in [2.05, 4.69) is 0 Å². The topological polar surface area (TPSA) is 40.1 Å². The molecule has 3 rings (SSSR count). The fourth-order valence-corrected chi connectivity index (χ4v) is 2.12. The summed E-state index contributed by atoms with van der Waals surface area (Å²) in [4.78, 5) is 12.1. The minimum atomic E-state index is -0.170. The van der Waals surface area contributed by atoms with Gasteiger partial charge in [0.05, 0.1) is 0 Å². The zero-order chi connectivity index (χ0) is 11.8. The van der Waals surface area contributed by atoms with Crippen molar-refractivity contribution in [2.75, 3.05) is 0 Å². The third-order valence-corrected chi connectivity index (χ3v) is 2.93. The van der Waals surface area contributed by atoms with Crippen LogP contribution in [0.3, 0.4) is 0 Å². The molecular formula is C15H9KO2. The first-order valence-electron chi connectivity index (χ1n) is 5.40. The Morgan fingerprint density at radius 3 is 1.94 bits per heavy atom. The van der Waals surface area contributed by atoms with Crippen molar-refractivity contribution in [3.05, 3.63) is 71.3 Å². The molecule has 0 fully saturated rings. The van der Waals surface area contributed by atoms with Crippen LogP contribution < -0.4 is 56.5 Å². The van der Waals surface area contributed by atoms with Crippen LogP contribution in [0.25, 0.3) is 11.3 Å². The van der Waals surface area contributed by atoms with E-state index in [1.807, 2.05) is 18.2 Å². The van der Waals surface area contributed by atoms with Gasteiger partial charge in [-0.2, -0.15) is 0 Å². The van der Waals surface area contributed by atoms with Crippen LogP contribution in [0.5, 0.6) is 0 Å². The van der Waals surface area contributed by atoms with Crippen LogP contribution in [0.4, 0.5) is 0 Å². The van der Waals surface area contributed by atoms with Gasteiger partial charge in [-0.15, -0.1) is 0 Å². The Bertz CT molecular complexity index is 630. The number of hydrogen-bond donors (Lipinski definition) is 0. The molecule has 82 valence electrons. The average Bonchev–Trinajstić information content (AvgIpc) is 2.64. The number of carbonyl (C=O) groups is 1. The molecule has 0 amide bonds. The van der Waals surface area contributed by atoms with Crippen molar-refractivity contribution < 1.29 is 61.3 Å². The van der Waals surface area contributed by atoms with E-state index in [1.165, 1.54) is 0 Å². The summed E-state index contributed by atoms with van der Waals surface area (Å²) in [6.45, 7) is 0. The Labute approximate surface area is 148 Å². The first-order valence-corrected chi connectivity index (χ1v) is 5.40. The SMILES string of the molecule is O=C1C(c2ccccc2)=C([O-])c2ccccc21.[K+]. The molecule has 0 radical (unpaired) electrons. The smallest absolute Gasteiger partial charge is 0.872 e. The molecule has 0 aromatic heterocycles. The van der Waals surface area contributed by atoms with Crippen LogP contribution in [0.15, 0.2) is 54.6 Å². The summed E-state index contributed by atoms with van der Waals surface area (Å²) in [5.41, 5.74) is 2.00. The Morgan fingerprint density at radius 1 is 0.778 bits per heavy atom. The molecule has 3 heteroatoms. The van der Waals surface area contributed by atoms with E-state index >= 15 is 0 Å². The summed E-state index contributed by atoms with van der Waals surface area (Å²) >= 11 is 0. The van der Waals surface area contributed by atoms with Crippen molar-refractivity contribution in [2.24, 2.45) is 0 Å². The maximum atomic E-state index is 12.1. The second-order valence-corrected chi connectivity index (χ2v) is 3.94. The van der Waals surface area contributed by atoms with Gasteiger partial charge in [-0.1, -0.05) is 60.4 Å². The minimum absolute atomic E-state index is 0. The molecule has 0 aliphatic heterocycles. The summed E-state index contributed by atoms with van der Waals surface area (Å²) in [7, 11) is 0. The number of allylic oxidation sites excluding steroid dienone is 1. The third kappa shape index (κ3) is 2.13. The standard InChI is InChI=1S/C15H10O2.K/c16-14-11-8-4-5-9-12(11)15(17)13(14)10-6-2-1-3-7-10;/h1-9,16H;/q;+1/p-1. The van der Waals surface area contributed by atoms with E-state index in [4.69, 9.17) is 0 Å². The normalized spacial score (nSPS) is 13.2. The molecule has 1 aliphatic carbocycles. The second-order valence-electron chi connectivity index (χ2n) is 3.94. The van der Waals surface area contributed by atoms with Gasteiger partial charge in [0.25, 0.3) is 0 Å². The van der Waals surface area contributed by atoms with Gasteiger partial charge in [0, 0.05) is 11.1 Å². The summed E-state index contributed by atoms with van der Waals surface area (Å²) in [5, 5.41) is 12.1. The predicted molar refractivity (Wildman–Crippen MR) is 64.0 cm³/mol. The first kappa shape index (κ1) is 13.7. The van der Waals surface area contributed by atoms with Gasteiger partial charge < -0.3 is 5.11 Å². The quantitative estimate of drug-likeness (QED) is 0.625. The first-order chi connectivity index (χ1) is 8.29. The van der Waals surface area contributed by atoms with Crippen molar-refractivity contribution in [2.45, 2.75) is 0 Å². The number of hydrogen-bond acceptors (Lipinski definition) is 2. The number of fused-ring (bicyclic) bond motifs is 1. The Hall–Kier alpha value is -0.714. The van der Waals surface area contributed by atoms with E-state index < -0.39 is 0 Å². The molecule has 18 heavy (non-hydrogen) atoms. The largest absolute Gasteiger partial charge is 1.00 e. The maximum Gasteiger partial charge on any atom is 1.00 e. The molecule has 2 aromatic carbocycles. The molecule has 0 saturated carbocycles. The maximum absolute atomic E-state index is 12.1. The molecule has 1 aliphatic rings. The second kappa shape index (κ2) is 5.51. The molecule has 0 atom stereocenters. The number of Topliss-reactive ketones (excluding diaryl/α,β-unsaturated/α-hetero) is 1. The van der Waals surface area contributed by atoms with Crippen molar-refractivity contribution >= 4 is 17.1 Å². The van der Waals surface area contributed by atoms with Gasteiger partial charge in [0.2, 0.25) is 0 Å². The third-order valence-electron chi connectivity index (χ3n) is 2.93. The van der Waals surface area contributed by atoms with E-state index in [1.54, 1.807) is 36.4 Å². The number of rotatable bonds is 1. The summed E-state index contributed by atoms with van der Waals surface area (Å²) in [6.07, 6.45) is 0. The van der Waals surface area contributed by atoms with E-state index in [-0.39, 0.29) is 68.5 Å². The predicted octanol–water partition coefficient (Wildman–Crippen LogP) is -0.884. The molecule has 0 unspecified atom stereocenters. The monoisotopic (exact) mass is 260 g/mol. The molecule has 0 spiro atoms. The summed E-state index contributed by atoms with van der Waals surface area (Å²) in [6, 6.07) is 16.0. The molecule has 0 saturated heterocycles. The zero-order valence-corrected chi connectivity index (χ0v) is 13.1. The Morgan fingerprint density at radius 2 is 1.33 bits per heavy atom. The van der Waals surface area contributed by atoms with E-state index in [0.717, 1.165) is 0 Å². The van der Waals surface area contributed by atoms with Gasteiger partial charge >= 0.3 is 51.4 Å². The zero-order valence-electron chi connectivity index (χ0n) is 10.0. The van der Waals surface area contributed by atoms with Gasteiger partial charge in [0.1, 0.15) is 0 Å². The van der Waals surface area contributed by atoms with Crippen LogP contribution in [-0.2, 0) is 0 Å². The van der Waals surface area contributed by atoms with Crippen LogP contribution in [-0.4, -0.2) is 5.78 Å². The van der Waals surface area contributed by atoms with Gasteiger partial charge in [-0.05, 0) is 11.1 Å². The van der Waals surface area contributed by atoms with Crippen LogP contribution in [0, 0.1) is 0 Å². The number of ketones is 1. The molecule has 0 bridgehead atoms. The van der Waals surface area contributed by atoms with E-state index in [9.17, 15) is 9.90 Å². The molecule has 2 nitrogen and oxygen atoms in total. The summed E-state index contributed by atoms with van der Waals surface area (Å²) < 4.78 is 0. The number of carbonyl (C=O) groups excluding carboxylic acids is 1. The molecular weight excluding hydrogens is 251 g/mol. The van der Waals surface area contributed by atoms with Gasteiger partial charge in [-0.3, -0.25) is 4.79 Å². The fourth-order valence-electron chi connectivity index (χ4n) is 2.12. The minimum Gasteiger partial charge on any atom is -0.872 e. The van der Waals surface area contributed by atoms with Crippen molar-refractivity contribution in [1.82, 2.24) is 0 Å². The fraction of sp³-hybridized carbons (Fsp3) is 0. The molecule has 0 N–H and O–H groups in total. The van der Waals surface area contributed by atoms with Crippen LogP contribution in [0.2, 0.25) is 0 Å². The van der Waals surface area contributed by atoms with Crippen molar-refractivity contribution in [3.8, 4) is 0 Å². The number of benzene rings is 2. The molecule has 0 heterocycles. The molecule has 2 aromatic rings. The van der Waals surface area contributed by atoms with E-state index in [0.29, 0.717) is 16.7 Å². The Kier molecular flexibility index (Phi) is 4.20. The Balaban J connectivity index is 0.00000120. The van der Waals surface area contributed by atoms with Crippen LogP contribution in [0.1, 0.15) is 21.5 Å². The van der Waals surface area contributed by atoms with Gasteiger partial charge in [0.15, 0.2) is 5.78 Å². The van der Waals surface area contributed by atoms with Crippen molar-refractivity contribution in [1.29, 1.82) is 0 Å². The van der Waals surface area contributed by atoms with Crippen molar-refractivity contribution in [3.63, 3.8) is 0 Å². The van der Waals surface area contributed by atoms with Crippen LogP contribution >= 0.6 is 0 Å². The average molecular weight is 260 g/mol.